The molecule has 0 saturated carbocycles. The average molecular weight is 549 g/mol. The van der Waals surface area contributed by atoms with Gasteiger partial charge in [-0.05, 0) is 18.2 Å². The van der Waals surface area contributed by atoms with Crippen molar-refractivity contribution in [3.63, 3.8) is 0 Å². The summed E-state index contributed by atoms with van der Waals surface area (Å²) in [6, 6.07) is 8.77. The molecule has 0 radical (unpaired) electrons. The Morgan fingerprint density at radius 2 is 1.84 bits per heavy atom. The highest BCUT2D eigenvalue weighted by molar-refractivity contribution is 6.76. The number of alkyl halides is 3. The maximum absolute atomic E-state index is 13.7. The molecule has 5 rings (SSSR count). The predicted octanol–water partition coefficient (Wildman–Crippen LogP) is 4.25. The first kappa shape index (κ1) is 26.4. The highest BCUT2D eigenvalue weighted by atomic mass is 28.3. The molecule has 14 heteroatoms. The summed E-state index contributed by atoms with van der Waals surface area (Å²) in [6.45, 7) is 9.92. The molecule has 1 N–H and O–H groups in total. The number of aromatic nitrogens is 6. The molecule has 4 heterocycles. The molecule has 0 amide bonds. The average Bonchev–Trinajstić information content (AvgIpc) is 3.47. The van der Waals surface area contributed by atoms with Crippen molar-refractivity contribution in [3.05, 3.63) is 41.9 Å². The molecule has 0 bridgehead atoms. The summed E-state index contributed by atoms with van der Waals surface area (Å²) in [5.74, 6) is 1.00. The van der Waals surface area contributed by atoms with E-state index in [1.165, 1.54) is 0 Å². The van der Waals surface area contributed by atoms with Crippen LogP contribution in [0.15, 0.2) is 30.5 Å². The molecule has 38 heavy (non-hydrogen) atoms. The summed E-state index contributed by atoms with van der Waals surface area (Å²) in [7, 11) is -1.24. The summed E-state index contributed by atoms with van der Waals surface area (Å²) in [5.41, 5.74) is 0.496. The predicted molar refractivity (Wildman–Crippen MR) is 140 cm³/mol. The van der Waals surface area contributed by atoms with Crippen molar-refractivity contribution in [1.82, 2.24) is 29.1 Å². The largest absolute Gasteiger partial charge is 0.421 e. The summed E-state index contributed by atoms with van der Waals surface area (Å²) < 4.78 is 55.6. The number of ether oxygens (including phenoxy) is 2. The van der Waals surface area contributed by atoms with Crippen molar-refractivity contribution in [3.8, 4) is 0 Å². The van der Waals surface area contributed by atoms with Crippen molar-refractivity contribution in [2.24, 2.45) is 0 Å². The van der Waals surface area contributed by atoms with Crippen LogP contribution in [-0.4, -0.2) is 70.1 Å². The molecule has 1 aliphatic heterocycles. The van der Waals surface area contributed by atoms with Gasteiger partial charge in [-0.25, -0.2) is 4.98 Å². The summed E-state index contributed by atoms with van der Waals surface area (Å²) >= 11 is 0. The van der Waals surface area contributed by atoms with E-state index in [2.05, 4.69) is 40.0 Å². The smallest absolute Gasteiger partial charge is 0.378 e. The van der Waals surface area contributed by atoms with Crippen molar-refractivity contribution in [2.45, 2.75) is 45.1 Å². The van der Waals surface area contributed by atoms with E-state index in [1.54, 1.807) is 0 Å². The van der Waals surface area contributed by atoms with Crippen LogP contribution in [0.5, 0.6) is 0 Å². The summed E-state index contributed by atoms with van der Waals surface area (Å²) in [6.07, 6.45) is -3.82. The van der Waals surface area contributed by atoms with E-state index in [1.807, 2.05) is 33.7 Å². The van der Waals surface area contributed by atoms with Gasteiger partial charge in [0, 0.05) is 27.8 Å². The molecule has 0 aliphatic carbocycles. The van der Waals surface area contributed by atoms with Gasteiger partial charge < -0.3 is 24.3 Å². The van der Waals surface area contributed by atoms with Gasteiger partial charge in [0.05, 0.1) is 37.0 Å². The van der Waals surface area contributed by atoms with E-state index in [9.17, 15) is 13.2 Å². The normalized spacial score (nSPS) is 15.1. The second-order valence-electron chi connectivity index (χ2n) is 10.4. The Kier molecular flexibility index (Phi) is 7.29. The van der Waals surface area contributed by atoms with Crippen molar-refractivity contribution in [1.29, 1.82) is 0 Å². The maximum Gasteiger partial charge on any atom is 0.421 e. The summed E-state index contributed by atoms with van der Waals surface area (Å²) in [4.78, 5) is 15.3. The number of anilines is 2. The lowest BCUT2D eigenvalue weighted by molar-refractivity contribution is -0.136. The van der Waals surface area contributed by atoms with Gasteiger partial charge >= 0.3 is 6.18 Å². The standard InChI is InChI=1S/C24H31F3N8O2Si/c1-38(2,3)13-12-37-16-34-19-7-5-4-6-18(19)30-20(34)15-28-22-32-23(33-8-10-36-11-9-33)31-21-17(24(25,26)27)14-29-35(21)22/h4-7,14H,8-13,15-16H2,1-3H3,(H,28,31,32). The van der Waals surface area contributed by atoms with E-state index >= 15 is 0 Å². The van der Waals surface area contributed by atoms with Crippen LogP contribution in [0, 0.1) is 0 Å². The lowest BCUT2D eigenvalue weighted by atomic mass is 10.3. The molecule has 1 saturated heterocycles. The van der Waals surface area contributed by atoms with Crippen LogP contribution in [0.2, 0.25) is 25.7 Å². The second kappa shape index (κ2) is 10.5. The van der Waals surface area contributed by atoms with Crippen LogP contribution in [0.3, 0.4) is 0 Å². The van der Waals surface area contributed by atoms with Crippen LogP contribution < -0.4 is 10.2 Å². The minimum Gasteiger partial charge on any atom is -0.378 e. The van der Waals surface area contributed by atoms with Crippen molar-refractivity contribution >= 4 is 36.7 Å². The van der Waals surface area contributed by atoms with E-state index in [4.69, 9.17) is 14.5 Å². The van der Waals surface area contributed by atoms with Crippen molar-refractivity contribution < 1.29 is 22.6 Å². The van der Waals surface area contributed by atoms with E-state index < -0.39 is 19.8 Å². The number of morpholine rings is 1. The fraction of sp³-hybridized carbons (Fsp3) is 0.500. The summed E-state index contributed by atoms with van der Waals surface area (Å²) in [5, 5.41) is 7.11. The number of nitrogens with zero attached hydrogens (tertiary/aromatic N) is 7. The Morgan fingerprint density at radius 1 is 1.08 bits per heavy atom. The number of fused-ring (bicyclic) bond motifs is 2. The second-order valence-corrected chi connectivity index (χ2v) is 16.0. The third-order valence-corrected chi connectivity index (χ3v) is 8.01. The van der Waals surface area contributed by atoms with Crippen molar-refractivity contribution in [2.75, 3.05) is 43.1 Å². The minimum absolute atomic E-state index is 0.144. The fourth-order valence-corrected chi connectivity index (χ4v) is 4.94. The highest BCUT2D eigenvalue weighted by Gasteiger charge is 2.36. The number of imidazole rings is 1. The molecular weight excluding hydrogens is 517 g/mol. The van der Waals surface area contributed by atoms with Gasteiger partial charge in [0.15, 0.2) is 5.65 Å². The van der Waals surface area contributed by atoms with E-state index in [0.29, 0.717) is 45.5 Å². The first-order chi connectivity index (χ1) is 18.1. The molecule has 0 atom stereocenters. The minimum atomic E-state index is -4.60. The number of hydrogen-bond acceptors (Lipinski definition) is 8. The van der Waals surface area contributed by atoms with Crippen LogP contribution in [0.1, 0.15) is 11.4 Å². The quantitative estimate of drug-likeness (QED) is 0.245. The van der Waals surface area contributed by atoms with Gasteiger partial charge in [-0.3, -0.25) is 0 Å². The molecular formula is C24H31F3N8O2Si. The number of para-hydroxylation sites is 2. The Bertz CT molecular complexity index is 1410. The Morgan fingerprint density at radius 3 is 2.58 bits per heavy atom. The van der Waals surface area contributed by atoms with Crippen LogP contribution in [-0.2, 0) is 28.9 Å². The molecule has 4 aromatic rings. The van der Waals surface area contributed by atoms with E-state index in [0.717, 1.165) is 27.8 Å². The van der Waals surface area contributed by atoms with Gasteiger partial charge in [-0.1, -0.05) is 31.8 Å². The Balaban J connectivity index is 1.45. The molecule has 204 valence electrons. The third-order valence-electron chi connectivity index (χ3n) is 6.31. The monoisotopic (exact) mass is 548 g/mol. The van der Waals surface area contributed by atoms with Gasteiger partial charge in [-0.15, -0.1) is 0 Å². The lowest BCUT2D eigenvalue weighted by Gasteiger charge is -2.27. The molecule has 1 aromatic carbocycles. The maximum atomic E-state index is 13.7. The molecule has 10 nitrogen and oxygen atoms in total. The van der Waals surface area contributed by atoms with E-state index in [-0.39, 0.29) is 24.1 Å². The zero-order valence-electron chi connectivity index (χ0n) is 21.6. The molecule has 1 fully saturated rings. The Hall–Kier alpha value is -3.23. The number of hydrogen-bond donors (Lipinski definition) is 1. The zero-order valence-corrected chi connectivity index (χ0v) is 22.6. The number of rotatable bonds is 9. The third kappa shape index (κ3) is 5.76. The SMILES string of the molecule is C[Si](C)(C)CCOCn1c(CNc2nc(N3CCOCC3)nc3c(C(F)(F)F)cnn23)nc2ccccc21. The first-order valence-electron chi connectivity index (χ1n) is 12.5. The highest BCUT2D eigenvalue weighted by Crippen LogP contribution is 2.33. The fourth-order valence-electron chi connectivity index (χ4n) is 4.18. The van der Waals surface area contributed by atoms with Gasteiger partial charge in [-0.2, -0.15) is 32.8 Å². The van der Waals surface area contributed by atoms with Gasteiger partial charge in [0.25, 0.3) is 0 Å². The van der Waals surface area contributed by atoms with Crippen LogP contribution in [0.4, 0.5) is 25.1 Å². The lowest BCUT2D eigenvalue weighted by Crippen LogP contribution is -2.37. The van der Waals surface area contributed by atoms with Gasteiger partial charge in [0.2, 0.25) is 11.9 Å². The van der Waals surface area contributed by atoms with Gasteiger partial charge in [0.1, 0.15) is 18.1 Å². The molecule has 0 spiro atoms. The molecule has 0 unspecified atom stereocenters. The molecule has 1 aliphatic rings. The first-order valence-corrected chi connectivity index (χ1v) is 16.2. The van der Waals surface area contributed by atoms with Crippen LogP contribution in [0.25, 0.3) is 16.7 Å². The topological polar surface area (TPSA) is 94.6 Å². The Labute approximate surface area is 218 Å². The van der Waals surface area contributed by atoms with Crippen LogP contribution >= 0.6 is 0 Å². The number of halogens is 3. The number of nitrogens with one attached hydrogen (secondary N) is 1. The zero-order chi connectivity index (χ0) is 26.9. The molecule has 3 aromatic heterocycles. The number of benzene rings is 1.